The van der Waals surface area contributed by atoms with E-state index in [1.807, 2.05) is 25.1 Å². The summed E-state index contributed by atoms with van der Waals surface area (Å²) in [7, 11) is 0. The van der Waals surface area contributed by atoms with Crippen LogP contribution >= 0.6 is 11.6 Å². The maximum absolute atomic E-state index is 5.84. The molecule has 2 nitrogen and oxygen atoms in total. The zero-order chi connectivity index (χ0) is 9.42. The summed E-state index contributed by atoms with van der Waals surface area (Å²) in [4.78, 5) is 0. The molecule has 70 valence electrons. The molecule has 2 rings (SSSR count). The van der Waals surface area contributed by atoms with Gasteiger partial charge in [0.2, 0.25) is 0 Å². The fraction of sp³-hybridized carbons (Fsp3) is 0.400. The third-order valence-corrected chi connectivity index (χ3v) is 2.55. The van der Waals surface area contributed by atoms with Crippen molar-refractivity contribution < 1.29 is 4.74 Å². The lowest BCUT2D eigenvalue weighted by molar-refractivity contribution is 0.206. The Morgan fingerprint density at radius 3 is 3.08 bits per heavy atom. The molecule has 1 heterocycles. The van der Waals surface area contributed by atoms with Crippen molar-refractivity contribution in [2.24, 2.45) is 5.73 Å². The van der Waals surface area contributed by atoms with Crippen molar-refractivity contribution in [1.29, 1.82) is 0 Å². The standard InChI is InChI=1S/C10H12ClNO/c1-6(12)9-4-7-2-3-8(11)5-10(7)13-9/h2-3,5-6,9H,4,12H2,1H3. The third-order valence-electron chi connectivity index (χ3n) is 2.32. The average Bonchev–Trinajstić information content (AvgIpc) is 2.46. The van der Waals surface area contributed by atoms with E-state index < -0.39 is 0 Å². The summed E-state index contributed by atoms with van der Waals surface area (Å²) < 4.78 is 5.64. The van der Waals surface area contributed by atoms with Gasteiger partial charge in [-0.2, -0.15) is 0 Å². The Hall–Kier alpha value is -0.730. The van der Waals surface area contributed by atoms with Crippen LogP contribution in [0, 0.1) is 0 Å². The van der Waals surface area contributed by atoms with Crippen molar-refractivity contribution in [1.82, 2.24) is 0 Å². The van der Waals surface area contributed by atoms with Gasteiger partial charge in [0.15, 0.2) is 0 Å². The van der Waals surface area contributed by atoms with E-state index in [2.05, 4.69) is 0 Å². The van der Waals surface area contributed by atoms with E-state index in [0.717, 1.165) is 12.2 Å². The summed E-state index contributed by atoms with van der Waals surface area (Å²) in [6.07, 6.45) is 0.998. The molecule has 2 unspecified atom stereocenters. The minimum atomic E-state index is 0.0613. The Labute approximate surface area is 82.6 Å². The molecule has 0 saturated carbocycles. The number of halogens is 1. The van der Waals surface area contributed by atoms with Gasteiger partial charge in [0.25, 0.3) is 0 Å². The summed E-state index contributed by atoms with van der Waals surface area (Å²) >= 11 is 5.84. The minimum absolute atomic E-state index is 0.0613. The zero-order valence-corrected chi connectivity index (χ0v) is 8.21. The number of hydrogen-bond donors (Lipinski definition) is 1. The van der Waals surface area contributed by atoms with Crippen molar-refractivity contribution in [3.05, 3.63) is 28.8 Å². The van der Waals surface area contributed by atoms with Gasteiger partial charge in [0, 0.05) is 17.5 Å². The Balaban J connectivity index is 2.25. The van der Waals surface area contributed by atoms with E-state index in [-0.39, 0.29) is 12.1 Å². The third kappa shape index (κ3) is 1.64. The average molecular weight is 198 g/mol. The predicted octanol–water partition coefficient (Wildman–Crippen LogP) is 1.99. The molecular weight excluding hydrogens is 186 g/mol. The summed E-state index contributed by atoms with van der Waals surface area (Å²) in [6.45, 7) is 1.96. The second-order valence-electron chi connectivity index (χ2n) is 3.47. The predicted molar refractivity (Wildman–Crippen MR) is 53.2 cm³/mol. The van der Waals surface area contributed by atoms with Crippen molar-refractivity contribution in [2.45, 2.75) is 25.5 Å². The van der Waals surface area contributed by atoms with Gasteiger partial charge < -0.3 is 10.5 Å². The molecule has 2 N–H and O–H groups in total. The summed E-state index contributed by atoms with van der Waals surface area (Å²) in [5, 5.41) is 0.712. The number of nitrogens with two attached hydrogens (primary N) is 1. The quantitative estimate of drug-likeness (QED) is 0.748. The topological polar surface area (TPSA) is 35.2 Å². The first-order valence-corrected chi connectivity index (χ1v) is 4.75. The maximum Gasteiger partial charge on any atom is 0.124 e. The van der Waals surface area contributed by atoms with E-state index in [1.54, 1.807) is 0 Å². The first-order valence-electron chi connectivity index (χ1n) is 4.37. The highest BCUT2D eigenvalue weighted by atomic mass is 35.5. The smallest absolute Gasteiger partial charge is 0.124 e. The van der Waals surface area contributed by atoms with Crippen LogP contribution in [0.5, 0.6) is 5.75 Å². The second kappa shape index (κ2) is 3.20. The van der Waals surface area contributed by atoms with Crippen molar-refractivity contribution in [2.75, 3.05) is 0 Å². The molecule has 1 aliphatic rings. The Bertz CT molecular complexity index is 325. The van der Waals surface area contributed by atoms with E-state index in [9.17, 15) is 0 Å². The lowest BCUT2D eigenvalue weighted by atomic mass is 10.1. The highest BCUT2D eigenvalue weighted by molar-refractivity contribution is 6.30. The lowest BCUT2D eigenvalue weighted by Crippen LogP contribution is -2.34. The van der Waals surface area contributed by atoms with Gasteiger partial charge in [-0.3, -0.25) is 0 Å². The normalized spacial score (nSPS) is 22.2. The highest BCUT2D eigenvalue weighted by Crippen LogP contribution is 2.31. The lowest BCUT2D eigenvalue weighted by Gasteiger charge is -2.13. The Morgan fingerprint density at radius 2 is 2.38 bits per heavy atom. The zero-order valence-electron chi connectivity index (χ0n) is 7.46. The Kier molecular flexibility index (Phi) is 2.18. The van der Waals surface area contributed by atoms with Crippen molar-refractivity contribution >= 4 is 11.6 Å². The molecule has 0 fully saturated rings. The summed E-state index contributed by atoms with van der Waals surface area (Å²) in [6, 6.07) is 5.79. The number of fused-ring (bicyclic) bond motifs is 1. The van der Waals surface area contributed by atoms with Crippen LogP contribution in [0.4, 0.5) is 0 Å². The fourth-order valence-electron chi connectivity index (χ4n) is 1.52. The van der Waals surface area contributed by atoms with Crippen LogP contribution in [0.3, 0.4) is 0 Å². The molecule has 0 bridgehead atoms. The van der Waals surface area contributed by atoms with Gasteiger partial charge in [0.05, 0.1) is 0 Å². The number of rotatable bonds is 1. The van der Waals surface area contributed by atoms with E-state index >= 15 is 0 Å². The molecule has 2 atom stereocenters. The van der Waals surface area contributed by atoms with E-state index in [4.69, 9.17) is 22.1 Å². The Morgan fingerprint density at radius 1 is 1.62 bits per heavy atom. The van der Waals surface area contributed by atoms with Crippen LogP contribution in [0.15, 0.2) is 18.2 Å². The van der Waals surface area contributed by atoms with Gasteiger partial charge in [-0.05, 0) is 24.6 Å². The summed E-state index contributed by atoms with van der Waals surface area (Å²) in [5.74, 6) is 0.884. The largest absolute Gasteiger partial charge is 0.488 e. The molecule has 0 radical (unpaired) electrons. The molecule has 1 aliphatic heterocycles. The van der Waals surface area contributed by atoms with Gasteiger partial charge in [-0.15, -0.1) is 0 Å². The van der Waals surface area contributed by atoms with Crippen LogP contribution in [-0.4, -0.2) is 12.1 Å². The second-order valence-corrected chi connectivity index (χ2v) is 3.91. The molecule has 13 heavy (non-hydrogen) atoms. The first-order chi connectivity index (χ1) is 6.16. The minimum Gasteiger partial charge on any atom is -0.488 e. The van der Waals surface area contributed by atoms with Gasteiger partial charge in [-0.25, -0.2) is 0 Å². The van der Waals surface area contributed by atoms with Crippen LogP contribution in [0.1, 0.15) is 12.5 Å². The number of benzene rings is 1. The number of ether oxygens (including phenoxy) is 1. The van der Waals surface area contributed by atoms with E-state index in [1.165, 1.54) is 5.56 Å². The summed E-state index contributed by atoms with van der Waals surface area (Å²) in [5.41, 5.74) is 6.96. The molecule has 1 aromatic carbocycles. The molecule has 0 aliphatic carbocycles. The van der Waals surface area contributed by atoms with Crippen molar-refractivity contribution in [3.63, 3.8) is 0 Å². The van der Waals surface area contributed by atoms with Crippen LogP contribution in [0.25, 0.3) is 0 Å². The molecule has 3 heteroatoms. The van der Waals surface area contributed by atoms with Gasteiger partial charge in [0.1, 0.15) is 11.9 Å². The first kappa shape index (κ1) is 8.85. The molecule has 0 spiro atoms. The molecule has 1 aromatic rings. The molecular formula is C10H12ClNO. The number of hydrogen-bond acceptors (Lipinski definition) is 2. The molecule has 0 saturated heterocycles. The monoisotopic (exact) mass is 197 g/mol. The van der Waals surface area contributed by atoms with E-state index in [0.29, 0.717) is 5.02 Å². The maximum atomic E-state index is 5.84. The highest BCUT2D eigenvalue weighted by Gasteiger charge is 2.25. The fourth-order valence-corrected chi connectivity index (χ4v) is 1.68. The van der Waals surface area contributed by atoms with Gasteiger partial charge in [-0.1, -0.05) is 17.7 Å². The van der Waals surface area contributed by atoms with Crippen LogP contribution in [-0.2, 0) is 6.42 Å². The molecule has 0 amide bonds. The van der Waals surface area contributed by atoms with Gasteiger partial charge >= 0.3 is 0 Å². The van der Waals surface area contributed by atoms with Crippen LogP contribution < -0.4 is 10.5 Å². The van der Waals surface area contributed by atoms with Crippen molar-refractivity contribution in [3.8, 4) is 5.75 Å². The molecule has 0 aromatic heterocycles. The SMILES string of the molecule is CC(N)C1Cc2ccc(Cl)cc2O1. The van der Waals surface area contributed by atoms with Crippen LogP contribution in [0.2, 0.25) is 5.02 Å².